The summed E-state index contributed by atoms with van der Waals surface area (Å²) in [5.41, 5.74) is 0.838. The van der Waals surface area contributed by atoms with Crippen LogP contribution in [-0.2, 0) is 4.79 Å². The first-order valence-electron chi connectivity index (χ1n) is 8.85. The summed E-state index contributed by atoms with van der Waals surface area (Å²) in [7, 11) is 4.80. The Morgan fingerprint density at radius 3 is 2.07 bits per heavy atom. The molecular formula is C21H27NO5. The van der Waals surface area contributed by atoms with Gasteiger partial charge in [0.1, 0.15) is 23.0 Å². The first-order chi connectivity index (χ1) is 13.0. The Balaban J connectivity index is 2.08. The van der Waals surface area contributed by atoms with Gasteiger partial charge >= 0.3 is 0 Å². The van der Waals surface area contributed by atoms with Crippen molar-refractivity contribution < 1.29 is 23.7 Å². The molecule has 2 atom stereocenters. The van der Waals surface area contributed by atoms with Gasteiger partial charge < -0.3 is 24.3 Å². The molecule has 0 aliphatic carbocycles. The van der Waals surface area contributed by atoms with E-state index in [0.717, 1.165) is 11.3 Å². The summed E-state index contributed by atoms with van der Waals surface area (Å²) in [6.07, 6.45) is -0.0581. The largest absolute Gasteiger partial charge is 0.497 e. The Bertz CT molecular complexity index is 745. The molecule has 146 valence electrons. The van der Waals surface area contributed by atoms with Gasteiger partial charge in [0.15, 0.2) is 6.10 Å². The number of hydrogen-bond acceptors (Lipinski definition) is 5. The zero-order valence-corrected chi connectivity index (χ0v) is 16.4. The summed E-state index contributed by atoms with van der Waals surface area (Å²) in [5, 5.41) is 2.99. The van der Waals surface area contributed by atoms with Crippen LogP contribution in [0.2, 0.25) is 0 Å². The van der Waals surface area contributed by atoms with Crippen molar-refractivity contribution in [3.05, 3.63) is 48.0 Å². The molecule has 27 heavy (non-hydrogen) atoms. The fourth-order valence-electron chi connectivity index (χ4n) is 2.70. The third kappa shape index (κ3) is 5.29. The van der Waals surface area contributed by atoms with Crippen LogP contribution in [0.3, 0.4) is 0 Å². The maximum atomic E-state index is 12.7. The van der Waals surface area contributed by atoms with Gasteiger partial charge in [-0.3, -0.25) is 4.79 Å². The van der Waals surface area contributed by atoms with Crippen molar-refractivity contribution in [1.82, 2.24) is 5.32 Å². The Hall–Kier alpha value is -2.89. The summed E-state index contributed by atoms with van der Waals surface area (Å²) in [5.74, 6) is 2.55. The number of carbonyl (C=O) groups is 1. The lowest BCUT2D eigenvalue weighted by Crippen LogP contribution is -2.39. The lowest BCUT2D eigenvalue weighted by atomic mass is 10.1. The highest BCUT2D eigenvalue weighted by Crippen LogP contribution is 2.29. The Kier molecular flexibility index (Phi) is 7.34. The highest BCUT2D eigenvalue weighted by atomic mass is 16.5. The van der Waals surface area contributed by atoms with Crippen molar-refractivity contribution in [2.24, 2.45) is 0 Å². The van der Waals surface area contributed by atoms with Gasteiger partial charge in [0.2, 0.25) is 0 Å². The van der Waals surface area contributed by atoms with E-state index >= 15 is 0 Å². The molecule has 6 heteroatoms. The van der Waals surface area contributed by atoms with E-state index < -0.39 is 6.10 Å². The van der Waals surface area contributed by atoms with Crippen LogP contribution in [-0.4, -0.2) is 33.3 Å². The molecule has 0 aliphatic heterocycles. The van der Waals surface area contributed by atoms with Crippen LogP contribution in [0.15, 0.2) is 42.5 Å². The molecule has 1 amide bonds. The fourth-order valence-corrected chi connectivity index (χ4v) is 2.70. The van der Waals surface area contributed by atoms with Crippen LogP contribution in [0.4, 0.5) is 0 Å². The molecule has 0 saturated carbocycles. The second kappa shape index (κ2) is 9.71. The molecular weight excluding hydrogens is 346 g/mol. The first kappa shape index (κ1) is 20.4. The van der Waals surface area contributed by atoms with Crippen molar-refractivity contribution in [2.45, 2.75) is 32.4 Å². The van der Waals surface area contributed by atoms with Gasteiger partial charge in [-0.1, -0.05) is 6.92 Å². The molecule has 0 aliphatic rings. The van der Waals surface area contributed by atoms with Gasteiger partial charge in [0.05, 0.1) is 27.4 Å². The summed E-state index contributed by atoms with van der Waals surface area (Å²) in [6, 6.07) is 12.4. The van der Waals surface area contributed by atoms with Crippen molar-refractivity contribution >= 4 is 5.91 Å². The monoisotopic (exact) mass is 373 g/mol. The Labute approximate surface area is 160 Å². The quantitative estimate of drug-likeness (QED) is 0.725. The molecule has 0 bridgehead atoms. The molecule has 0 radical (unpaired) electrons. The SMILES string of the molecule is CC[C@@H](Oc1ccc(OC)cc1)C(=O)N[C@@H](C)c1cc(OC)ccc1OC. The van der Waals surface area contributed by atoms with Crippen molar-refractivity contribution in [2.75, 3.05) is 21.3 Å². The minimum atomic E-state index is -0.600. The van der Waals surface area contributed by atoms with E-state index in [1.165, 1.54) is 0 Å². The van der Waals surface area contributed by atoms with Crippen LogP contribution in [0.25, 0.3) is 0 Å². The van der Waals surface area contributed by atoms with Gasteiger partial charge in [-0.15, -0.1) is 0 Å². The maximum Gasteiger partial charge on any atom is 0.261 e. The molecule has 2 aromatic rings. The number of hydrogen-bond donors (Lipinski definition) is 1. The smallest absolute Gasteiger partial charge is 0.261 e. The predicted octanol–water partition coefficient (Wildman–Crippen LogP) is 3.75. The predicted molar refractivity (Wildman–Crippen MR) is 104 cm³/mol. The highest BCUT2D eigenvalue weighted by molar-refractivity contribution is 5.81. The topological polar surface area (TPSA) is 66.0 Å². The van der Waals surface area contributed by atoms with E-state index in [9.17, 15) is 4.79 Å². The van der Waals surface area contributed by atoms with E-state index in [1.54, 1.807) is 45.6 Å². The zero-order valence-electron chi connectivity index (χ0n) is 16.4. The van der Waals surface area contributed by atoms with E-state index in [1.807, 2.05) is 32.0 Å². The van der Waals surface area contributed by atoms with Crippen LogP contribution in [0, 0.1) is 0 Å². The Morgan fingerprint density at radius 2 is 1.52 bits per heavy atom. The van der Waals surface area contributed by atoms with Crippen molar-refractivity contribution in [3.8, 4) is 23.0 Å². The third-order valence-corrected chi connectivity index (χ3v) is 4.26. The molecule has 0 heterocycles. The van der Waals surface area contributed by atoms with Crippen molar-refractivity contribution in [1.29, 1.82) is 0 Å². The van der Waals surface area contributed by atoms with Gasteiger partial charge in [0.25, 0.3) is 5.91 Å². The molecule has 0 unspecified atom stereocenters. The van der Waals surface area contributed by atoms with Crippen LogP contribution >= 0.6 is 0 Å². The number of nitrogens with one attached hydrogen (secondary N) is 1. The number of benzene rings is 2. The summed E-state index contributed by atoms with van der Waals surface area (Å²) >= 11 is 0. The fraction of sp³-hybridized carbons (Fsp3) is 0.381. The van der Waals surface area contributed by atoms with Crippen LogP contribution < -0.4 is 24.3 Å². The average molecular weight is 373 g/mol. The van der Waals surface area contributed by atoms with Gasteiger partial charge in [-0.25, -0.2) is 0 Å². The molecule has 0 fully saturated rings. The number of rotatable bonds is 9. The summed E-state index contributed by atoms with van der Waals surface area (Å²) < 4.78 is 21.6. The molecule has 0 saturated heterocycles. The van der Waals surface area contributed by atoms with Gasteiger partial charge in [-0.05, 0) is 55.8 Å². The van der Waals surface area contributed by atoms with E-state index in [2.05, 4.69) is 5.32 Å². The maximum absolute atomic E-state index is 12.7. The second-order valence-corrected chi connectivity index (χ2v) is 6.03. The van der Waals surface area contributed by atoms with Gasteiger partial charge in [0, 0.05) is 5.56 Å². The summed E-state index contributed by atoms with van der Waals surface area (Å²) in [6.45, 7) is 3.81. The van der Waals surface area contributed by atoms with E-state index in [0.29, 0.717) is 23.7 Å². The molecule has 6 nitrogen and oxygen atoms in total. The Morgan fingerprint density at radius 1 is 0.926 bits per heavy atom. The zero-order chi connectivity index (χ0) is 19.8. The molecule has 2 aromatic carbocycles. The minimum absolute atomic E-state index is 0.189. The summed E-state index contributed by atoms with van der Waals surface area (Å²) in [4.78, 5) is 12.7. The van der Waals surface area contributed by atoms with E-state index in [-0.39, 0.29) is 11.9 Å². The highest BCUT2D eigenvalue weighted by Gasteiger charge is 2.22. The standard InChI is InChI=1S/C21H27NO5/c1-6-19(27-16-9-7-15(24-3)8-10-16)21(23)22-14(2)18-13-17(25-4)11-12-20(18)26-5/h7-14,19H,6H2,1-5H3,(H,22,23)/t14-,19+/m0/s1. The number of carbonyl (C=O) groups excluding carboxylic acids is 1. The third-order valence-electron chi connectivity index (χ3n) is 4.26. The van der Waals surface area contributed by atoms with Crippen LogP contribution in [0.1, 0.15) is 31.9 Å². The lowest BCUT2D eigenvalue weighted by molar-refractivity contribution is -0.128. The van der Waals surface area contributed by atoms with E-state index in [4.69, 9.17) is 18.9 Å². The second-order valence-electron chi connectivity index (χ2n) is 6.03. The van der Waals surface area contributed by atoms with Crippen molar-refractivity contribution in [3.63, 3.8) is 0 Å². The minimum Gasteiger partial charge on any atom is -0.497 e. The molecule has 0 spiro atoms. The van der Waals surface area contributed by atoms with Crippen LogP contribution in [0.5, 0.6) is 23.0 Å². The first-order valence-corrected chi connectivity index (χ1v) is 8.85. The molecule has 2 rings (SSSR count). The molecule has 1 N–H and O–H groups in total. The average Bonchev–Trinajstić information content (AvgIpc) is 2.71. The number of amides is 1. The number of methoxy groups -OCH3 is 3. The van der Waals surface area contributed by atoms with Gasteiger partial charge in [-0.2, -0.15) is 0 Å². The number of ether oxygens (including phenoxy) is 4. The normalized spacial score (nSPS) is 12.6. The lowest BCUT2D eigenvalue weighted by Gasteiger charge is -2.22. The molecule has 0 aromatic heterocycles.